The number of rotatable bonds is 8. The Hall–Kier alpha value is -2.33. The number of aliphatic hydroxyl groups is 1. The molecule has 0 aliphatic carbocycles. The summed E-state index contributed by atoms with van der Waals surface area (Å²) in [7, 11) is 0. The number of benzene rings is 2. The lowest BCUT2D eigenvalue weighted by Gasteiger charge is -2.12. The fraction of sp³-hybridized carbons (Fsp3) is 0.316. The SMILES string of the molecule is CC(O)CCNC(=O)COc1ccccc1Cc1ccccc1. The first-order valence-electron chi connectivity index (χ1n) is 7.84. The van der Waals surface area contributed by atoms with Gasteiger partial charge in [0.25, 0.3) is 5.91 Å². The Morgan fingerprint density at radius 3 is 2.57 bits per heavy atom. The van der Waals surface area contributed by atoms with Gasteiger partial charge in [0, 0.05) is 13.0 Å². The Labute approximate surface area is 137 Å². The topological polar surface area (TPSA) is 58.6 Å². The van der Waals surface area contributed by atoms with Crippen molar-refractivity contribution < 1.29 is 14.6 Å². The molecule has 4 heteroatoms. The van der Waals surface area contributed by atoms with E-state index >= 15 is 0 Å². The normalized spacial score (nSPS) is 11.7. The molecule has 0 aliphatic heterocycles. The first-order chi connectivity index (χ1) is 11.1. The highest BCUT2D eigenvalue weighted by Crippen LogP contribution is 2.21. The van der Waals surface area contributed by atoms with Gasteiger partial charge < -0.3 is 15.2 Å². The number of nitrogens with one attached hydrogen (secondary N) is 1. The molecular formula is C19H23NO3. The Morgan fingerprint density at radius 2 is 1.83 bits per heavy atom. The predicted octanol–water partition coefficient (Wildman–Crippen LogP) is 2.54. The van der Waals surface area contributed by atoms with Crippen LogP contribution in [0, 0.1) is 0 Å². The van der Waals surface area contributed by atoms with E-state index in [-0.39, 0.29) is 12.5 Å². The summed E-state index contributed by atoms with van der Waals surface area (Å²) >= 11 is 0. The van der Waals surface area contributed by atoms with Gasteiger partial charge in [-0.25, -0.2) is 0 Å². The molecule has 0 aromatic heterocycles. The van der Waals surface area contributed by atoms with Crippen LogP contribution in [-0.4, -0.2) is 30.3 Å². The number of hydrogen-bond donors (Lipinski definition) is 2. The van der Waals surface area contributed by atoms with Crippen molar-refractivity contribution in [1.82, 2.24) is 5.32 Å². The van der Waals surface area contributed by atoms with Crippen molar-refractivity contribution in [2.75, 3.05) is 13.2 Å². The van der Waals surface area contributed by atoms with E-state index in [1.807, 2.05) is 42.5 Å². The molecule has 0 saturated heterocycles. The van der Waals surface area contributed by atoms with Gasteiger partial charge in [-0.3, -0.25) is 4.79 Å². The minimum absolute atomic E-state index is 0.0222. The number of ether oxygens (including phenoxy) is 1. The van der Waals surface area contributed by atoms with E-state index in [1.165, 1.54) is 5.56 Å². The molecule has 0 saturated carbocycles. The van der Waals surface area contributed by atoms with E-state index in [0.717, 1.165) is 17.7 Å². The second-order valence-electron chi connectivity index (χ2n) is 5.55. The summed E-state index contributed by atoms with van der Waals surface area (Å²) in [5.74, 6) is 0.544. The molecule has 0 aliphatic rings. The fourth-order valence-electron chi connectivity index (χ4n) is 2.22. The maximum Gasteiger partial charge on any atom is 0.257 e. The van der Waals surface area contributed by atoms with Crippen LogP contribution in [0.5, 0.6) is 5.75 Å². The van der Waals surface area contributed by atoms with Crippen LogP contribution >= 0.6 is 0 Å². The minimum atomic E-state index is -0.414. The molecule has 4 nitrogen and oxygen atoms in total. The zero-order chi connectivity index (χ0) is 16.5. The molecule has 0 radical (unpaired) electrons. The van der Waals surface area contributed by atoms with Crippen molar-refractivity contribution >= 4 is 5.91 Å². The van der Waals surface area contributed by atoms with Crippen LogP contribution in [0.25, 0.3) is 0 Å². The smallest absolute Gasteiger partial charge is 0.257 e. The van der Waals surface area contributed by atoms with Crippen molar-refractivity contribution in [3.63, 3.8) is 0 Å². The number of carbonyl (C=O) groups is 1. The summed E-state index contributed by atoms with van der Waals surface area (Å²) in [5.41, 5.74) is 2.25. The van der Waals surface area contributed by atoms with Gasteiger partial charge in [0.1, 0.15) is 5.75 Å². The molecule has 1 unspecified atom stereocenters. The summed E-state index contributed by atoms with van der Waals surface area (Å²) in [6.45, 7) is 2.12. The summed E-state index contributed by atoms with van der Waals surface area (Å²) in [6, 6.07) is 17.9. The number of para-hydroxylation sites is 1. The van der Waals surface area contributed by atoms with Crippen LogP contribution in [0.2, 0.25) is 0 Å². The molecule has 2 aromatic rings. The number of aliphatic hydroxyl groups excluding tert-OH is 1. The van der Waals surface area contributed by atoms with Gasteiger partial charge in [0.2, 0.25) is 0 Å². The second kappa shape index (κ2) is 8.96. The molecule has 1 amide bonds. The van der Waals surface area contributed by atoms with Gasteiger partial charge in [-0.2, -0.15) is 0 Å². The van der Waals surface area contributed by atoms with E-state index in [9.17, 15) is 4.79 Å². The molecule has 0 heterocycles. The first kappa shape index (κ1) is 17.0. The molecule has 0 spiro atoms. The lowest BCUT2D eigenvalue weighted by atomic mass is 10.0. The van der Waals surface area contributed by atoms with E-state index in [0.29, 0.717) is 13.0 Å². The van der Waals surface area contributed by atoms with E-state index in [1.54, 1.807) is 6.92 Å². The second-order valence-corrected chi connectivity index (χ2v) is 5.55. The molecular weight excluding hydrogens is 290 g/mol. The van der Waals surface area contributed by atoms with Crippen LogP contribution in [0.1, 0.15) is 24.5 Å². The Bertz CT molecular complexity index is 611. The summed E-state index contributed by atoms with van der Waals surface area (Å²) in [5, 5.41) is 11.9. The number of carbonyl (C=O) groups excluding carboxylic acids is 1. The van der Waals surface area contributed by atoms with Crippen molar-refractivity contribution in [2.24, 2.45) is 0 Å². The third-order valence-electron chi connectivity index (χ3n) is 3.45. The molecule has 2 aromatic carbocycles. The van der Waals surface area contributed by atoms with Crippen molar-refractivity contribution in [1.29, 1.82) is 0 Å². The quantitative estimate of drug-likeness (QED) is 0.787. The zero-order valence-electron chi connectivity index (χ0n) is 13.4. The third kappa shape index (κ3) is 6.12. The Balaban J connectivity index is 1.89. The highest BCUT2D eigenvalue weighted by Gasteiger charge is 2.07. The summed E-state index contributed by atoms with van der Waals surface area (Å²) < 4.78 is 5.65. The van der Waals surface area contributed by atoms with Crippen LogP contribution in [0.4, 0.5) is 0 Å². The van der Waals surface area contributed by atoms with E-state index in [4.69, 9.17) is 9.84 Å². The van der Waals surface area contributed by atoms with Crippen LogP contribution in [0.15, 0.2) is 54.6 Å². The summed E-state index contributed by atoms with van der Waals surface area (Å²) in [4.78, 5) is 11.7. The molecule has 2 rings (SSSR count). The van der Waals surface area contributed by atoms with Crippen molar-refractivity contribution in [2.45, 2.75) is 25.9 Å². The van der Waals surface area contributed by atoms with Gasteiger partial charge in [0.05, 0.1) is 6.10 Å². The molecule has 23 heavy (non-hydrogen) atoms. The zero-order valence-corrected chi connectivity index (χ0v) is 13.4. The molecule has 0 bridgehead atoms. The molecule has 122 valence electrons. The van der Waals surface area contributed by atoms with E-state index < -0.39 is 6.10 Å². The number of hydrogen-bond acceptors (Lipinski definition) is 3. The summed E-state index contributed by atoms with van der Waals surface area (Å²) in [6.07, 6.45) is 0.889. The van der Waals surface area contributed by atoms with Gasteiger partial charge in [-0.05, 0) is 30.5 Å². The highest BCUT2D eigenvalue weighted by molar-refractivity contribution is 5.77. The van der Waals surface area contributed by atoms with Crippen LogP contribution in [0.3, 0.4) is 0 Å². The molecule has 1 atom stereocenters. The van der Waals surface area contributed by atoms with Gasteiger partial charge in [-0.15, -0.1) is 0 Å². The third-order valence-corrected chi connectivity index (χ3v) is 3.45. The monoisotopic (exact) mass is 313 g/mol. The predicted molar refractivity (Wildman–Crippen MR) is 90.5 cm³/mol. The fourth-order valence-corrected chi connectivity index (χ4v) is 2.22. The maximum absolute atomic E-state index is 11.7. The minimum Gasteiger partial charge on any atom is -0.483 e. The maximum atomic E-state index is 11.7. The standard InChI is InChI=1S/C19H23NO3/c1-15(21)11-12-20-19(22)14-23-18-10-6-5-9-17(18)13-16-7-3-2-4-8-16/h2-10,15,21H,11-14H2,1H3,(H,20,22). The van der Waals surface area contributed by atoms with E-state index in [2.05, 4.69) is 17.4 Å². The lowest BCUT2D eigenvalue weighted by molar-refractivity contribution is -0.123. The Kier molecular flexibility index (Phi) is 6.63. The average Bonchev–Trinajstić information content (AvgIpc) is 2.55. The van der Waals surface area contributed by atoms with Crippen LogP contribution < -0.4 is 10.1 Å². The first-order valence-corrected chi connectivity index (χ1v) is 7.84. The molecule has 0 fully saturated rings. The average molecular weight is 313 g/mol. The largest absolute Gasteiger partial charge is 0.483 e. The highest BCUT2D eigenvalue weighted by atomic mass is 16.5. The number of amides is 1. The lowest BCUT2D eigenvalue weighted by Crippen LogP contribution is -2.31. The van der Waals surface area contributed by atoms with Crippen molar-refractivity contribution in [3.8, 4) is 5.75 Å². The Morgan fingerprint density at radius 1 is 1.13 bits per heavy atom. The van der Waals surface area contributed by atoms with Gasteiger partial charge >= 0.3 is 0 Å². The van der Waals surface area contributed by atoms with Gasteiger partial charge in [0.15, 0.2) is 6.61 Å². The molecule has 2 N–H and O–H groups in total. The van der Waals surface area contributed by atoms with Crippen LogP contribution in [-0.2, 0) is 11.2 Å². The van der Waals surface area contributed by atoms with Gasteiger partial charge in [-0.1, -0.05) is 48.5 Å². The van der Waals surface area contributed by atoms with Crippen molar-refractivity contribution in [3.05, 3.63) is 65.7 Å².